The molecule has 1 atom stereocenters. The molecule has 1 fully saturated rings. The van der Waals surface area contributed by atoms with Crippen molar-refractivity contribution >= 4 is 12.0 Å². The number of amides is 2. The van der Waals surface area contributed by atoms with E-state index < -0.39 is 0 Å². The summed E-state index contributed by atoms with van der Waals surface area (Å²) >= 11 is 0. The molecule has 128 valence electrons. The van der Waals surface area contributed by atoms with Crippen LogP contribution in [-0.4, -0.2) is 52.9 Å². The Hall–Kier alpha value is -2.05. The number of nitrogens with one attached hydrogen (secondary N) is 1. The monoisotopic (exact) mass is 322 g/mol. The lowest BCUT2D eigenvalue weighted by Gasteiger charge is -2.31. The highest BCUT2D eigenvalue weighted by Crippen LogP contribution is 2.18. The summed E-state index contributed by atoms with van der Waals surface area (Å²) in [5, 5.41) is 7.13. The summed E-state index contributed by atoms with van der Waals surface area (Å²) in [7, 11) is 0. The van der Waals surface area contributed by atoms with Crippen LogP contribution in [0.2, 0.25) is 0 Å². The Labute approximate surface area is 137 Å². The largest absolute Gasteiger partial charge is 0.466 e. The lowest BCUT2D eigenvalue weighted by Crippen LogP contribution is -2.46. The Kier molecular flexibility index (Phi) is 6.43. The summed E-state index contributed by atoms with van der Waals surface area (Å²) in [6.45, 7) is 6.88. The number of hydrogen-bond donors (Lipinski definition) is 1. The molecule has 7 heteroatoms. The fourth-order valence-electron chi connectivity index (χ4n) is 2.74. The Balaban J connectivity index is 1.67. The molecular weight excluding hydrogens is 296 g/mol. The Bertz CT molecular complexity index is 495. The van der Waals surface area contributed by atoms with Crippen LogP contribution < -0.4 is 5.32 Å². The average molecular weight is 322 g/mol. The van der Waals surface area contributed by atoms with E-state index in [2.05, 4.69) is 17.3 Å². The molecule has 0 aromatic carbocycles. The van der Waals surface area contributed by atoms with Crippen molar-refractivity contribution in [3.05, 3.63) is 18.5 Å². The number of ether oxygens (including phenoxy) is 1. The van der Waals surface area contributed by atoms with Crippen molar-refractivity contribution < 1.29 is 14.3 Å². The van der Waals surface area contributed by atoms with Gasteiger partial charge in [-0.25, -0.2) is 4.79 Å². The van der Waals surface area contributed by atoms with Crippen molar-refractivity contribution in [1.82, 2.24) is 20.0 Å². The SMILES string of the molecule is CCOC(=O)C1CCN(C(=O)NC[C@@H](C)Cn2cccn2)CC1. The standard InChI is InChI=1S/C16H26N4O3/c1-3-23-15(21)14-5-9-19(10-6-14)16(22)17-11-13(2)12-20-8-4-7-18-20/h4,7-8,13-14H,3,5-6,9-12H2,1-2H3,(H,17,22)/t13-/m1/s1. The molecular formula is C16H26N4O3. The van der Waals surface area contributed by atoms with Crippen LogP contribution in [0, 0.1) is 11.8 Å². The van der Waals surface area contributed by atoms with Gasteiger partial charge in [-0.1, -0.05) is 6.92 Å². The van der Waals surface area contributed by atoms with Gasteiger partial charge in [-0.05, 0) is 31.7 Å². The normalized spacial score (nSPS) is 16.9. The van der Waals surface area contributed by atoms with E-state index in [9.17, 15) is 9.59 Å². The van der Waals surface area contributed by atoms with Gasteiger partial charge in [0.25, 0.3) is 0 Å². The van der Waals surface area contributed by atoms with Gasteiger partial charge in [0, 0.05) is 38.6 Å². The zero-order valence-electron chi connectivity index (χ0n) is 13.9. The van der Waals surface area contributed by atoms with Crippen LogP contribution in [0.3, 0.4) is 0 Å². The molecule has 1 aliphatic rings. The lowest BCUT2D eigenvalue weighted by atomic mass is 9.97. The average Bonchev–Trinajstić information content (AvgIpc) is 3.06. The van der Waals surface area contributed by atoms with E-state index in [1.165, 1.54) is 0 Å². The highest BCUT2D eigenvalue weighted by Gasteiger charge is 2.28. The van der Waals surface area contributed by atoms with Crippen LogP contribution in [0.5, 0.6) is 0 Å². The molecule has 2 amide bonds. The molecule has 0 unspecified atom stereocenters. The van der Waals surface area contributed by atoms with Crippen molar-refractivity contribution in [3.8, 4) is 0 Å². The fraction of sp³-hybridized carbons (Fsp3) is 0.688. The van der Waals surface area contributed by atoms with E-state index in [1.807, 2.05) is 23.9 Å². The minimum atomic E-state index is -0.139. The van der Waals surface area contributed by atoms with Gasteiger partial charge in [-0.15, -0.1) is 0 Å². The maximum atomic E-state index is 12.2. The molecule has 0 aliphatic carbocycles. The first-order valence-corrected chi connectivity index (χ1v) is 8.27. The van der Waals surface area contributed by atoms with Gasteiger partial charge in [-0.2, -0.15) is 5.10 Å². The van der Waals surface area contributed by atoms with Crippen molar-refractivity contribution in [3.63, 3.8) is 0 Å². The molecule has 2 rings (SSSR count). The molecule has 2 heterocycles. The third-order valence-electron chi connectivity index (χ3n) is 4.06. The highest BCUT2D eigenvalue weighted by molar-refractivity contribution is 5.76. The summed E-state index contributed by atoms with van der Waals surface area (Å²) in [4.78, 5) is 25.6. The van der Waals surface area contributed by atoms with Gasteiger partial charge in [0.15, 0.2) is 0 Å². The summed E-state index contributed by atoms with van der Waals surface area (Å²) in [5.74, 6) is 0.0917. The maximum Gasteiger partial charge on any atom is 0.317 e. The highest BCUT2D eigenvalue weighted by atomic mass is 16.5. The second kappa shape index (κ2) is 8.55. The van der Waals surface area contributed by atoms with Gasteiger partial charge in [0.1, 0.15) is 0 Å². The molecule has 0 radical (unpaired) electrons. The molecule has 23 heavy (non-hydrogen) atoms. The molecule has 7 nitrogen and oxygen atoms in total. The predicted molar refractivity (Wildman–Crippen MR) is 85.7 cm³/mol. The van der Waals surface area contributed by atoms with Crippen molar-refractivity contribution in [2.24, 2.45) is 11.8 Å². The van der Waals surface area contributed by atoms with E-state index in [0.717, 1.165) is 6.54 Å². The molecule has 1 saturated heterocycles. The smallest absolute Gasteiger partial charge is 0.317 e. The van der Waals surface area contributed by atoms with Crippen LogP contribution in [0.4, 0.5) is 4.79 Å². The summed E-state index contributed by atoms with van der Waals surface area (Å²) < 4.78 is 6.90. The maximum absolute atomic E-state index is 12.2. The number of nitrogens with zero attached hydrogens (tertiary/aromatic N) is 3. The van der Waals surface area contributed by atoms with Gasteiger partial charge >= 0.3 is 12.0 Å². The number of esters is 1. The molecule has 0 spiro atoms. The molecule has 1 aromatic rings. The van der Waals surface area contributed by atoms with Gasteiger partial charge in [0.05, 0.1) is 12.5 Å². The predicted octanol–water partition coefficient (Wildman–Crippen LogP) is 1.50. The lowest BCUT2D eigenvalue weighted by molar-refractivity contribution is -0.149. The number of carbonyl (C=O) groups is 2. The number of hydrogen-bond acceptors (Lipinski definition) is 4. The van der Waals surface area contributed by atoms with E-state index in [4.69, 9.17) is 4.74 Å². The van der Waals surface area contributed by atoms with Gasteiger partial charge in [0.2, 0.25) is 0 Å². The van der Waals surface area contributed by atoms with Crippen LogP contribution in [0.25, 0.3) is 0 Å². The first-order valence-electron chi connectivity index (χ1n) is 8.27. The Morgan fingerprint density at radius 1 is 1.39 bits per heavy atom. The first-order chi connectivity index (χ1) is 11.1. The summed E-state index contributed by atoms with van der Waals surface area (Å²) in [5.41, 5.74) is 0. The topological polar surface area (TPSA) is 76.5 Å². The quantitative estimate of drug-likeness (QED) is 0.805. The molecule has 1 N–H and O–H groups in total. The zero-order chi connectivity index (χ0) is 16.7. The number of likely N-dealkylation sites (tertiary alicyclic amines) is 1. The van der Waals surface area contributed by atoms with E-state index >= 15 is 0 Å². The van der Waals surface area contributed by atoms with Gasteiger partial charge < -0.3 is 15.0 Å². The Morgan fingerprint density at radius 2 is 2.13 bits per heavy atom. The molecule has 0 bridgehead atoms. The number of rotatable bonds is 6. The third kappa shape index (κ3) is 5.26. The van der Waals surface area contributed by atoms with E-state index in [1.54, 1.807) is 11.1 Å². The van der Waals surface area contributed by atoms with Crippen LogP contribution in [0.1, 0.15) is 26.7 Å². The third-order valence-corrected chi connectivity index (χ3v) is 4.06. The summed E-state index contributed by atoms with van der Waals surface area (Å²) in [6.07, 6.45) is 5.02. The number of piperidine rings is 1. The van der Waals surface area contributed by atoms with Crippen molar-refractivity contribution in [2.45, 2.75) is 33.2 Å². The summed E-state index contributed by atoms with van der Waals surface area (Å²) in [6, 6.07) is 1.83. The second-order valence-corrected chi connectivity index (χ2v) is 6.03. The van der Waals surface area contributed by atoms with E-state index in [0.29, 0.717) is 45.0 Å². The second-order valence-electron chi connectivity index (χ2n) is 6.03. The fourth-order valence-corrected chi connectivity index (χ4v) is 2.74. The Morgan fingerprint density at radius 3 is 2.74 bits per heavy atom. The molecule has 0 saturated carbocycles. The van der Waals surface area contributed by atoms with Crippen molar-refractivity contribution in [1.29, 1.82) is 0 Å². The van der Waals surface area contributed by atoms with Crippen LogP contribution in [-0.2, 0) is 16.1 Å². The molecule has 1 aliphatic heterocycles. The first kappa shape index (κ1) is 17.3. The number of aromatic nitrogens is 2. The van der Waals surface area contributed by atoms with Crippen molar-refractivity contribution in [2.75, 3.05) is 26.2 Å². The van der Waals surface area contributed by atoms with E-state index in [-0.39, 0.29) is 17.9 Å². The minimum Gasteiger partial charge on any atom is -0.466 e. The number of urea groups is 1. The zero-order valence-corrected chi connectivity index (χ0v) is 13.9. The van der Waals surface area contributed by atoms with Crippen LogP contribution in [0.15, 0.2) is 18.5 Å². The van der Waals surface area contributed by atoms with Gasteiger partial charge in [-0.3, -0.25) is 9.48 Å². The molecule has 1 aromatic heterocycles. The number of carbonyl (C=O) groups excluding carboxylic acids is 2. The minimum absolute atomic E-state index is 0.0559. The van der Waals surface area contributed by atoms with Crippen LogP contribution >= 0.6 is 0 Å².